The Morgan fingerprint density at radius 1 is 1.27 bits per heavy atom. The van der Waals surface area contributed by atoms with Gasteiger partial charge in [0.25, 0.3) is 0 Å². The van der Waals surface area contributed by atoms with Gasteiger partial charge in [-0.2, -0.15) is 5.10 Å². The van der Waals surface area contributed by atoms with Crippen LogP contribution in [-0.2, 0) is 24.8 Å². The van der Waals surface area contributed by atoms with Gasteiger partial charge in [0, 0.05) is 18.2 Å². The number of aromatic hydroxyl groups is 1. The molecule has 138 valence electrons. The number of phenolic OH excluding ortho intramolecular Hbond substituents is 1. The highest BCUT2D eigenvalue weighted by Gasteiger charge is 2.54. The van der Waals surface area contributed by atoms with Gasteiger partial charge in [-0.1, -0.05) is 26.8 Å². The lowest BCUT2D eigenvalue weighted by Gasteiger charge is -2.49. The Balaban J connectivity index is 1.47. The Morgan fingerprint density at radius 2 is 2.12 bits per heavy atom. The zero-order valence-corrected chi connectivity index (χ0v) is 16.2. The second kappa shape index (κ2) is 5.61. The van der Waals surface area contributed by atoms with Crippen LogP contribution in [0.1, 0.15) is 68.3 Å². The van der Waals surface area contributed by atoms with Crippen LogP contribution in [0.4, 0.5) is 0 Å². The Bertz CT molecular complexity index is 852. The van der Waals surface area contributed by atoms with Gasteiger partial charge in [-0.15, -0.1) is 0 Å². The highest BCUT2D eigenvalue weighted by Crippen LogP contribution is 2.59. The summed E-state index contributed by atoms with van der Waals surface area (Å²) in [5.74, 6) is 3.22. The zero-order valence-electron chi connectivity index (χ0n) is 16.2. The number of phenols is 1. The Kier molecular flexibility index (Phi) is 3.54. The molecule has 3 aliphatic carbocycles. The van der Waals surface area contributed by atoms with Crippen molar-refractivity contribution in [3.05, 3.63) is 46.8 Å². The zero-order chi connectivity index (χ0) is 18.1. The quantitative estimate of drug-likeness (QED) is 0.843. The van der Waals surface area contributed by atoms with Gasteiger partial charge in [-0.3, -0.25) is 4.68 Å². The minimum atomic E-state index is 0.257. The molecule has 0 aliphatic heterocycles. The van der Waals surface area contributed by atoms with Crippen molar-refractivity contribution in [2.45, 2.75) is 70.8 Å². The van der Waals surface area contributed by atoms with Crippen molar-refractivity contribution in [1.82, 2.24) is 9.78 Å². The standard InChI is InChI=1S/C23H30N2O/c1-14(2)12-25-13-16-11-21-20-6-4-15-10-17(26)5-7-18(15)19(20)8-9-23(21,3)22(16)24-25/h5,7,10,13-14,19-21,26H,4,6,8-9,11-12H2,1-3H3/t19?,20?,21?,23-/m0/s1. The molecule has 1 aromatic heterocycles. The molecule has 0 spiro atoms. The van der Waals surface area contributed by atoms with Crippen LogP contribution in [0.3, 0.4) is 0 Å². The van der Waals surface area contributed by atoms with Crippen LogP contribution in [0.25, 0.3) is 0 Å². The highest BCUT2D eigenvalue weighted by atomic mass is 16.3. The smallest absolute Gasteiger partial charge is 0.115 e. The van der Waals surface area contributed by atoms with E-state index in [-0.39, 0.29) is 5.41 Å². The van der Waals surface area contributed by atoms with Gasteiger partial charge < -0.3 is 5.11 Å². The third kappa shape index (κ3) is 2.28. The summed E-state index contributed by atoms with van der Waals surface area (Å²) in [6, 6.07) is 6.08. The van der Waals surface area contributed by atoms with Crippen LogP contribution >= 0.6 is 0 Å². The summed E-state index contributed by atoms with van der Waals surface area (Å²) < 4.78 is 2.20. The molecule has 1 fully saturated rings. The summed E-state index contributed by atoms with van der Waals surface area (Å²) in [7, 11) is 0. The van der Waals surface area contributed by atoms with E-state index >= 15 is 0 Å². The van der Waals surface area contributed by atoms with Crippen molar-refractivity contribution in [3.63, 3.8) is 0 Å². The van der Waals surface area contributed by atoms with E-state index in [4.69, 9.17) is 5.10 Å². The summed E-state index contributed by atoms with van der Waals surface area (Å²) in [6.07, 6.45) is 8.41. The average Bonchev–Trinajstić information content (AvgIpc) is 3.10. The summed E-state index contributed by atoms with van der Waals surface area (Å²) in [5.41, 5.74) is 6.06. The van der Waals surface area contributed by atoms with E-state index in [1.807, 2.05) is 12.1 Å². The summed E-state index contributed by atoms with van der Waals surface area (Å²) >= 11 is 0. The molecule has 0 bridgehead atoms. The van der Waals surface area contributed by atoms with Crippen LogP contribution in [-0.4, -0.2) is 14.9 Å². The van der Waals surface area contributed by atoms with Crippen molar-refractivity contribution < 1.29 is 5.11 Å². The van der Waals surface area contributed by atoms with Crippen molar-refractivity contribution in [3.8, 4) is 5.75 Å². The monoisotopic (exact) mass is 350 g/mol. The first-order chi connectivity index (χ1) is 12.5. The summed E-state index contributed by atoms with van der Waals surface area (Å²) in [4.78, 5) is 0. The minimum Gasteiger partial charge on any atom is -0.508 e. The van der Waals surface area contributed by atoms with Gasteiger partial charge in [0.2, 0.25) is 0 Å². The van der Waals surface area contributed by atoms with E-state index < -0.39 is 0 Å². The van der Waals surface area contributed by atoms with Gasteiger partial charge in [-0.05, 0) is 84.6 Å². The summed E-state index contributed by atoms with van der Waals surface area (Å²) in [6.45, 7) is 8.04. The number of rotatable bonds is 2. The van der Waals surface area contributed by atoms with Gasteiger partial charge in [0.15, 0.2) is 0 Å². The molecule has 1 heterocycles. The molecule has 1 saturated carbocycles. The van der Waals surface area contributed by atoms with E-state index in [1.54, 1.807) is 0 Å². The first-order valence-corrected chi connectivity index (χ1v) is 10.3. The van der Waals surface area contributed by atoms with Crippen LogP contribution in [0.2, 0.25) is 0 Å². The maximum Gasteiger partial charge on any atom is 0.115 e. The van der Waals surface area contributed by atoms with E-state index in [9.17, 15) is 5.11 Å². The highest BCUT2D eigenvalue weighted by molar-refractivity contribution is 5.42. The average molecular weight is 351 g/mol. The van der Waals surface area contributed by atoms with E-state index in [0.29, 0.717) is 17.6 Å². The van der Waals surface area contributed by atoms with Crippen molar-refractivity contribution in [2.75, 3.05) is 0 Å². The number of aromatic nitrogens is 2. The SMILES string of the molecule is CC(C)Cn1cc2c(n1)[C@@]1(C)CCC3c4ccc(O)cc4CCC3C1C2. The summed E-state index contributed by atoms with van der Waals surface area (Å²) in [5, 5.41) is 14.9. The number of benzene rings is 1. The van der Waals surface area contributed by atoms with Crippen LogP contribution < -0.4 is 0 Å². The van der Waals surface area contributed by atoms with Gasteiger partial charge in [0.05, 0.1) is 5.69 Å². The molecule has 1 aromatic carbocycles. The third-order valence-corrected chi connectivity index (χ3v) is 7.47. The minimum absolute atomic E-state index is 0.257. The number of nitrogens with zero attached hydrogens (tertiary/aromatic N) is 2. The fourth-order valence-electron chi connectivity index (χ4n) is 6.36. The van der Waals surface area contributed by atoms with E-state index in [1.165, 1.54) is 48.1 Å². The molecule has 2 aromatic rings. The topological polar surface area (TPSA) is 38.0 Å². The number of fused-ring (bicyclic) bond motifs is 7. The van der Waals surface area contributed by atoms with Gasteiger partial charge in [0.1, 0.15) is 5.75 Å². The molecule has 0 amide bonds. The van der Waals surface area contributed by atoms with Crippen LogP contribution in [0.5, 0.6) is 5.75 Å². The lowest BCUT2D eigenvalue weighted by Crippen LogP contribution is -2.43. The number of hydrogen-bond acceptors (Lipinski definition) is 2. The molecule has 3 aliphatic rings. The van der Waals surface area contributed by atoms with Crippen molar-refractivity contribution in [1.29, 1.82) is 0 Å². The second-order valence-electron chi connectivity index (χ2n) is 9.58. The van der Waals surface area contributed by atoms with Crippen molar-refractivity contribution >= 4 is 0 Å². The molecule has 26 heavy (non-hydrogen) atoms. The molecule has 5 rings (SSSR count). The molecular weight excluding hydrogens is 320 g/mol. The predicted molar refractivity (Wildman–Crippen MR) is 104 cm³/mol. The predicted octanol–water partition coefficient (Wildman–Crippen LogP) is 4.81. The Morgan fingerprint density at radius 3 is 2.92 bits per heavy atom. The largest absolute Gasteiger partial charge is 0.508 e. The normalized spacial score (nSPS) is 32.1. The molecular formula is C23H30N2O. The first-order valence-electron chi connectivity index (χ1n) is 10.3. The van der Waals surface area contributed by atoms with Crippen LogP contribution in [0.15, 0.2) is 24.4 Å². The van der Waals surface area contributed by atoms with Gasteiger partial charge >= 0.3 is 0 Å². The van der Waals surface area contributed by atoms with Crippen molar-refractivity contribution in [2.24, 2.45) is 17.8 Å². The molecule has 4 atom stereocenters. The number of hydrogen-bond donors (Lipinski definition) is 1. The Hall–Kier alpha value is -1.77. The maximum absolute atomic E-state index is 9.84. The fraction of sp³-hybridized carbons (Fsp3) is 0.609. The molecule has 3 unspecified atom stereocenters. The van der Waals surface area contributed by atoms with E-state index in [2.05, 4.69) is 37.7 Å². The fourth-order valence-corrected chi connectivity index (χ4v) is 6.36. The van der Waals surface area contributed by atoms with Gasteiger partial charge in [-0.25, -0.2) is 0 Å². The third-order valence-electron chi connectivity index (χ3n) is 7.47. The van der Waals surface area contributed by atoms with Crippen LogP contribution in [0, 0.1) is 17.8 Å². The molecule has 1 N–H and O–H groups in total. The molecule has 3 heteroatoms. The number of aryl methyl sites for hydroxylation is 1. The molecule has 0 saturated heterocycles. The maximum atomic E-state index is 9.84. The molecule has 3 nitrogen and oxygen atoms in total. The lowest BCUT2D eigenvalue weighted by molar-refractivity contribution is 0.102. The Labute approximate surface area is 156 Å². The molecule has 0 radical (unpaired) electrons. The second-order valence-corrected chi connectivity index (χ2v) is 9.58. The van der Waals surface area contributed by atoms with E-state index in [0.717, 1.165) is 24.8 Å². The first kappa shape index (κ1) is 16.4. The lowest BCUT2D eigenvalue weighted by atomic mass is 9.55.